The molecule has 1 heterocycles. The fraction of sp³-hybridized carbons (Fsp3) is 0.188. The highest BCUT2D eigenvalue weighted by Crippen LogP contribution is 2.32. The van der Waals surface area contributed by atoms with E-state index in [0.717, 1.165) is 18.2 Å². The van der Waals surface area contributed by atoms with Crippen LogP contribution in [0, 0.1) is 11.6 Å². The molecule has 0 saturated heterocycles. The molecule has 1 aromatic carbocycles. The molecule has 6 nitrogen and oxygen atoms in total. The molecule has 0 fully saturated rings. The summed E-state index contributed by atoms with van der Waals surface area (Å²) in [5.41, 5.74) is -0.205. The Kier molecular flexibility index (Phi) is 7.16. The van der Waals surface area contributed by atoms with Crippen LogP contribution in [0.4, 0.5) is 32.4 Å². The topological polar surface area (TPSA) is 91.3 Å². The molecule has 3 N–H and O–H groups in total. The van der Waals surface area contributed by atoms with E-state index in [1.54, 1.807) is 5.32 Å². The van der Waals surface area contributed by atoms with Gasteiger partial charge in [0, 0.05) is 10.5 Å². The average Bonchev–Trinajstić information content (AvgIpc) is 2.55. The van der Waals surface area contributed by atoms with Crippen molar-refractivity contribution in [2.75, 3.05) is 5.32 Å². The molecular formula is C16H10Br2F5N3O3. The zero-order valence-corrected chi connectivity index (χ0v) is 17.1. The van der Waals surface area contributed by atoms with Gasteiger partial charge in [-0.1, -0.05) is 0 Å². The summed E-state index contributed by atoms with van der Waals surface area (Å²) < 4.78 is 64.0. The lowest BCUT2D eigenvalue weighted by Gasteiger charge is -2.20. The van der Waals surface area contributed by atoms with Crippen LogP contribution in [0.5, 0.6) is 0 Å². The maximum Gasteiger partial charge on any atom is 0.471 e. The van der Waals surface area contributed by atoms with E-state index < -0.39 is 35.9 Å². The minimum Gasteiger partial charge on any atom is -0.465 e. The molecule has 0 spiro atoms. The predicted octanol–water partition coefficient (Wildman–Crippen LogP) is 4.94. The number of halogens is 7. The van der Waals surface area contributed by atoms with E-state index >= 15 is 0 Å². The first-order chi connectivity index (χ1) is 13.4. The molecule has 0 aliphatic heterocycles. The maximum atomic E-state index is 13.4. The first kappa shape index (κ1) is 23.0. The third-order valence-corrected chi connectivity index (χ3v) is 4.69. The second kappa shape index (κ2) is 9.03. The number of aromatic nitrogens is 1. The fourth-order valence-electron chi connectivity index (χ4n) is 2.33. The number of anilines is 1. The lowest BCUT2D eigenvalue weighted by Crippen LogP contribution is -2.31. The normalized spacial score (nSPS) is 12.4. The standard InChI is InChI=1S/C16H10Br2F5N3O3/c17-9-5-11(24-14(27)16(21,22)23)13(18)26-12(9)10(25-15(28)29)3-6-1-7(19)4-8(20)2-6/h1-2,4-5,10,25H,3H2,(H,24,27)(H,28,29). The van der Waals surface area contributed by atoms with Gasteiger partial charge in [0.1, 0.15) is 16.2 Å². The number of nitrogens with zero attached hydrogens (tertiary/aromatic N) is 1. The second-order valence-corrected chi connectivity index (χ2v) is 7.24. The van der Waals surface area contributed by atoms with Crippen LogP contribution in [0.1, 0.15) is 17.3 Å². The summed E-state index contributed by atoms with van der Waals surface area (Å²) in [6, 6.07) is 2.61. The molecule has 0 aliphatic carbocycles. The number of hydrogen-bond acceptors (Lipinski definition) is 3. The number of nitrogens with one attached hydrogen (secondary N) is 2. The van der Waals surface area contributed by atoms with Gasteiger partial charge in [-0.15, -0.1) is 0 Å². The number of carboxylic acid groups (broad SMARTS) is 1. The molecule has 13 heteroatoms. The lowest BCUT2D eigenvalue weighted by atomic mass is 10.0. The summed E-state index contributed by atoms with van der Waals surface area (Å²) in [5.74, 6) is -3.96. The van der Waals surface area contributed by atoms with Gasteiger partial charge in [-0.25, -0.2) is 18.6 Å². The number of pyridine rings is 1. The summed E-state index contributed by atoms with van der Waals surface area (Å²) in [7, 11) is 0. The SMILES string of the molecule is O=C(O)NC(Cc1cc(F)cc(F)c1)c1nc(Br)c(NC(=O)C(F)(F)F)cc1Br. The van der Waals surface area contributed by atoms with E-state index in [0.29, 0.717) is 6.07 Å². The highest BCUT2D eigenvalue weighted by molar-refractivity contribution is 9.11. The van der Waals surface area contributed by atoms with E-state index in [1.165, 1.54) is 0 Å². The van der Waals surface area contributed by atoms with Gasteiger partial charge < -0.3 is 15.7 Å². The monoisotopic (exact) mass is 545 g/mol. The Hall–Kier alpha value is -2.28. The van der Waals surface area contributed by atoms with Crippen molar-refractivity contribution in [2.45, 2.75) is 18.6 Å². The quantitative estimate of drug-likeness (QED) is 0.366. The van der Waals surface area contributed by atoms with Gasteiger partial charge in [-0.2, -0.15) is 13.2 Å². The molecule has 1 atom stereocenters. The second-order valence-electron chi connectivity index (χ2n) is 5.63. The van der Waals surface area contributed by atoms with Gasteiger partial charge in [0.25, 0.3) is 0 Å². The van der Waals surface area contributed by atoms with Gasteiger partial charge in [0.05, 0.1) is 17.4 Å². The molecule has 156 valence electrons. The Morgan fingerprint density at radius 1 is 1.10 bits per heavy atom. The molecule has 0 aliphatic rings. The van der Waals surface area contributed by atoms with Crippen molar-refractivity contribution in [3.63, 3.8) is 0 Å². The number of carbonyl (C=O) groups excluding carboxylic acids is 1. The zero-order valence-electron chi connectivity index (χ0n) is 14.0. The summed E-state index contributed by atoms with van der Waals surface area (Å²) >= 11 is 5.97. The smallest absolute Gasteiger partial charge is 0.465 e. The Balaban J connectivity index is 2.39. The van der Waals surface area contributed by atoms with Crippen LogP contribution in [0.3, 0.4) is 0 Å². The molecule has 2 amide bonds. The molecule has 1 unspecified atom stereocenters. The number of amides is 2. The van der Waals surface area contributed by atoms with Crippen molar-refractivity contribution in [1.82, 2.24) is 10.3 Å². The van der Waals surface area contributed by atoms with Crippen LogP contribution in [0.2, 0.25) is 0 Å². The van der Waals surface area contributed by atoms with Gasteiger partial charge in [-0.3, -0.25) is 4.79 Å². The summed E-state index contributed by atoms with van der Waals surface area (Å²) in [4.78, 5) is 26.2. The van der Waals surface area contributed by atoms with E-state index in [9.17, 15) is 31.5 Å². The Bertz CT molecular complexity index is 936. The van der Waals surface area contributed by atoms with Crippen LogP contribution in [0.15, 0.2) is 33.3 Å². The van der Waals surface area contributed by atoms with Crippen molar-refractivity contribution in [1.29, 1.82) is 0 Å². The molecule has 1 aromatic heterocycles. The van der Waals surface area contributed by atoms with Crippen LogP contribution >= 0.6 is 31.9 Å². The molecule has 2 rings (SSSR count). The van der Waals surface area contributed by atoms with Crippen molar-refractivity contribution in [2.24, 2.45) is 0 Å². The zero-order chi connectivity index (χ0) is 21.9. The first-order valence-electron chi connectivity index (χ1n) is 7.55. The number of hydrogen-bond donors (Lipinski definition) is 3. The van der Waals surface area contributed by atoms with Crippen LogP contribution in [-0.4, -0.2) is 28.3 Å². The molecule has 29 heavy (non-hydrogen) atoms. The number of carbonyl (C=O) groups is 2. The van der Waals surface area contributed by atoms with Gasteiger partial charge in [0.2, 0.25) is 0 Å². The fourth-order valence-corrected chi connectivity index (χ4v) is 3.33. The third-order valence-electron chi connectivity index (χ3n) is 3.45. The molecule has 0 saturated carbocycles. The average molecular weight is 547 g/mol. The highest BCUT2D eigenvalue weighted by Gasteiger charge is 2.39. The van der Waals surface area contributed by atoms with Gasteiger partial charge in [-0.05, 0) is 62.0 Å². The molecule has 2 aromatic rings. The summed E-state index contributed by atoms with van der Waals surface area (Å²) in [6.45, 7) is 0. The van der Waals surface area contributed by atoms with Crippen LogP contribution in [-0.2, 0) is 11.2 Å². The van der Waals surface area contributed by atoms with E-state index in [-0.39, 0.29) is 32.4 Å². The van der Waals surface area contributed by atoms with E-state index in [4.69, 9.17) is 5.11 Å². The largest absolute Gasteiger partial charge is 0.471 e. The maximum absolute atomic E-state index is 13.4. The predicted molar refractivity (Wildman–Crippen MR) is 98.3 cm³/mol. The molecule has 0 radical (unpaired) electrons. The minimum atomic E-state index is -5.13. The minimum absolute atomic E-state index is 0.00829. The van der Waals surface area contributed by atoms with Crippen LogP contribution in [0.25, 0.3) is 0 Å². The van der Waals surface area contributed by atoms with Crippen molar-refractivity contribution >= 4 is 49.5 Å². The van der Waals surface area contributed by atoms with Crippen LogP contribution < -0.4 is 10.6 Å². The highest BCUT2D eigenvalue weighted by atomic mass is 79.9. The molecule has 0 bridgehead atoms. The Morgan fingerprint density at radius 3 is 2.21 bits per heavy atom. The Labute approximate surface area is 176 Å². The van der Waals surface area contributed by atoms with Crippen molar-refractivity contribution in [3.8, 4) is 0 Å². The number of alkyl halides is 3. The summed E-state index contributed by atoms with van der Waals surface area (Å²) in [5, 5.41) is 12.8. The van der Waals surface area contributed by atoms with Crippen molar-refractivity contribution in [3.05, 3.63) is 56.2 Å². The summed E-state index contributed by atoms with van der Waals surface area (Å²) in [6.07, 6.45) is -6.81. The van der Waals surface area contributed by atoms with E-state index in [2.05, 4.69) is 42.2 Å². The first-order valence-corrected chi connectivity index (χ1v) is 9.14. The number of benzene rings is 1. The van der Waals surface area contributed by atoms with Gasteiger partial charge in [0.15, 0.2) is 0 Å². The van der Waals surface area contributed by atoms with E-state index in [1.807, 2.05) is 0 Å². The number of rotatable bonds is 5. The lowest BCUT2D eigenvalue weighted by molar-refractivity contribution is -0.167. The molecular weight excluding hydrogens is 537 g/mol. The third kappa shape index (κ3) is 6.35. The van der Waals surface area contributed by atoms with Gasteiger partial charge >= 0.3 is 18.2 Å². The van der Waals surface area contributed by atoms with Crippen molar-refractivity contribution < 1.29 is 36.6 Å². The Morgan fingerprint density at radius 2 is 1.69 bits per heavy atom.